The number of carbonyl (C=O) groups excluding carboxylic acids is 3. The molecule has 7 heteroatoms. The lowest BCUT2D eigenvalue weighted by molar-refractivity contribution is -0.139. The van der Waals surface area contributed by atoms with Crippen molar-refractivity contribution in [1.29, 1.82) is 0 Å². The van der Waals surface area contributed by atoms with Gasteiger partial charge in [-0.15, -0.1) is 0 Å². The summed E-state index contributed by atoms with van der Waals surface area (Å²) in [5, 5.41) is 2.83. The van der Waals surface area contributed by atoms with Crippen LogP contribution < -0.4 is 5.32 Å². The number of amides is 3. The molecule has 2 fully saturated rings. The van der Waals surface area contributed by atoms with Crippen LogP contribution >= 0.6 is 0 Å². The summed E-state index contributed by atoms with van der Waals surface area (Å²) in [5.74, 6) is -0.0630. The molecule has 0 spiro atoms. The third-order valence-electron chi connectivity index (χ3n) is 5.61. The van der Waals surface area contributed by atoms with Crippen molar-refractivity contribution in [2.75, 3.05) is 31.5 Å². The van der Waals surface area contributed by atoms with Crippen LogP contribution in [-0.4, -0.2) is 53.7 Å². The minimum Gasteiger partial charge on any atom is -0.341 e. The standard InChI is InChI=1S/C21H28FN3O3/c1-15-12-17(22)7-8-18(15)23-19(26)9-6-16-4-2-10-24(13-16)21(28)14-25-11-3-5-20(25)27/h7-8,12,16H,2-6,9-11,13-14H2,1H3,(H,23,26). The monoisotopic (exact) mass is 389 g/mol. The number of benzene rings is 1. The van der Waals surface area contributed by atoms with Crippen LogP contribution in [0.1, 0.15) is 44.1 Å². The average molecular weight is 389 g/mol. The zero-order valence-corrected chi connectivity index (χ0v) is 16.4. The molecule has 2 saturated heterocycles. The van der Waals surface area contributed by atoms with Gasteiger partial charge in [0.15, 0.2) is 0 Å². The molecule has 1 aromatic carbocycles. The first-order chi connectivity index (χ1) is 13.4. The van der Waals surface area contributed by atoms with Crippen molar-refractivity contribution >= 4 is 23.4 Å². The third-order valence-corrected chi connectivity index (χ3v) is 5.61. The summed E-state index contributed by atoms with van der Waals surface area (Å²) in [4.78, 5) is 40.0. The van der Waals surface area contributed by atoms with Crippen LogP contribution in [0.25, 0.3) is 0 Å². The van der Waals surface area contributed by atoms with Crippen LogP contribution in [0.5, 0.6) is 0 Å². The van der Waals surface area contributed by atoms with Crippen LogP contribution in [0, 0.1) is 18.7 Å². The van der Waals surface area contributed by atoms with E-state index < -0.39 is 0 Å². The predicted octanol–water partition coefficient (Wildman–Crippen LogP) is 2.71. The Morgan fingerprint density at radius 2 is 2.07 bits per heavy atom. The minimum absolute atomic E-state index is 0.00587. The molecule has 3 amide bonds. The Hall–Kier alpha value is -2.44. The smallest absolute Gasteiger partial charge is 0.242 e. The quantitative estimate of drug-likeness (QED) is 0.813. The van der Waals surface area contributed by atoms with Crippen LogP contribution in [0.2, 0.25) is 0 Å². The van der Waals surface area contributed by atoms with Crippen molar-refractivity contribution in [3.05, 3.63) is 29.6 Å². The van der Waals surface area contributed by atoms with Gasteiger partial charge in [0.05, 0.1) is 6.54 Å². The molecule has 6 nitrogen and oxygen atoms in total. The highest BCUT2D eigenvalue weighted by Gasteiger charge is 2.28. The van der Waals surface area contributed by atoms with Crippen LogP contribution in [-0.2, 0) is 14.4 Å². The average Bonchev–Trinajstić information content (AvgIpc) is 3.07. The summed E-state index contributed by atoms with van der Waals surface area (Å²) in [5.41, 5.74) is 1.32. The Morgan fingerprint density at radius 3 is 2.79 bits per heavy atom. The number of likely N-dealkylation sites (tertiary alicyclic amines) is 2. The summed E-state index contributed by atoms with van der Waals surface area (Å²) in [6, 6.07) is 4.30. The molecule has 0 radical (unpaired) electrons. The van der Waals surface area contributed by atoms with Gasteiger partial charge in [0.25, 0.3) is 0 Å². The lowest BCUT2D eigenvalue weighted by atomic mass is 9.93. The van der Waals surface area contributed by atoms with Crippen molar-refractivity contribution in [2.24, 2.45) is 5.92 Å². The highest BCUT2D eigenvalue weighted by molar-refractivity contribution is 5.91. The van der Waals surface area contributed by atoms with Gasteiger partial charge < -0.3 is 15.1 Å². The van der Waals surface area contributed by atoms with Crippen molar-refractivity contribution in [3.63, 3.8) is 0 Å². The van der Waals surface area contributed by atoms with Gasteiger partial charge in [0.2, 0.25) is 17.7 Å². The topological polar surface area (TPSA) is 69.7 Å². The molecule has 2 heterocycles. The van der Waals surface area contributed by atoms with Gasteiger partial charge in [0, 0.05) is 38.2 Å². The van der Waals surface area contributed by atoms with Crippen LogP contribution in [0.4, 0.5) is 10.1 Å². The second-order valence-electron chi connectivity index (χ2n) is 7.81. The van der Waals surface area contributed by atoms with E-state index in [0.717, 1.165) is 25.8 Å². The summed E-state index contributed by atoms with van der Waals surface area (Å²) in [6.07, 6.45) is 4.36. The van der Waals surface area contributed by atoms with E-state index in [-0.39, 0.29) is 36.0 Å². The summed E-state index contributed by atoms with van der Waals surface area (Å²) < 4.78 is 13.2. The van der Waals surface area contributed by atoms with E-state index in [9.17, 15) is 18.8 Å². The maximum Gasteiger partial charge on any atom is 0.242 e. The number of piperidine rings is 1. The number of nitrogens with one attached hydrogen (secondary N) is 1. The Labute approximate surface area is 165 Å². The maximum absolute atomic E-state index is 13.2. The lowest BCUT2D eigenvalue weighted by Crippen LogP contribution is -2.45. The first-order valence-corrected chi connectivity index (χ1v) is 10.0. The molecule has 1 N–H and O–H groups in total. The predicted molar refractivity (Wildman–Crippen MR) is 104 cm³/mol. The maximum atomic E-state index is 13.2. The molecular weight excluding hydrogens is 361 g/mol. The van der Waals surface area contributed by atoms with Crippen molar-refractivity contribution in [1.82, 2.24) is 9.80 Å². The summed E-state index contributed by atoms with van der Waals surface area (Å²) in [6.45, 7) is 3.97. The molecule has 0 aliphatic carbocycles. The van der Waals surface area contributed by atoms with Gasteiger partial charge in [-0.1, -0.05) is 0 Å². The fourth-order valence-electron chi connectivity index (χ4n) is 3.98. The van der Waals surface area contributed by atoms with E-state index >= 15 is 0 Å². The normalized spacial score (nSPS) is 19.8. The van der Waals surface area contributed by atoms with Crippen molar-refractivity contribution in [2.45, 2.75) is 45.4 Å². The number of rotatable bonds is 6. The zero-order valence-electron chi connectivity index (χ0n) is 16.4. The SMILES string of the molecule is Cc1cc(F)ccc1NC(=O)CCC1CCCN(C(=O)CN2CCCC2=O)C1. The first kappa shape index (κ1) is 20.3. The molecule has 1 unspecified atom stereocenters. The highest BCUT2D eigenvalue weighted by Crippen LogP contribution is 2.23. The molecule has 2 aliphatic heterocycles. The number of anilines is 1. The van der Waals surface area contributed by atoms with E-state index in [0.29, 0.717) is 43.6 Å². The number of nitrogens with zero attached hydrogens (tertiary/aromatic N) is 2. The fraction of sp³-hybridized carbons (Fsp3) is 0.571. The van der Waals surface area contributed by atoms with Crippen molar-refractivity contribution in [3.8, 4) is 0 Å². The number of hydrogen-bond acceptors (Lipinski definition) is 3. The Kier molecular flexibility index (Phi) is 6.65. The van der Waals surface area contributed by atoms with Gasteiger partial charge in [-0.05, 0) is 62.3 Å². The van der Waals surface area contributed by atoms with Gasteiger partial charge in [-0.25, -0.2) is 4.39 Å². The largest absolute Gasteiger partial charge is 0.341 e. The Balaban J connectivity index is 1.44. The molecule has 2 aliphatic rings. The van der Waals surface area contributed by atoms with Crippen molar-refractivity contribution < 1.29 is 18.8 Å². The van der Waals surface area contributed by atoms with E-state index in [1.807, 2.05) is 4.90 Å². The number of carbonyl (C=O) groups is 3. The first-order valence-electron chi connectivity index (χ1n) is 10.0. The van der Waals surface area contributed by atoms with Crippen LogP contribution in [0.3, 0.4) is 0 Å². The molecule has 0 saturated carbocycles. The molecule has 1 atom stereocenters. The summed E-state index contributed by atoms with van der Waals surface area (Å²) in [7, 11) is 0. The Bertz CT molecular complexity index is 752. The molecule has 3 rings (SSSR count). The van der Waals surface area contributed by atoms with Gasteiger partial charge in [-0.3, -0.25) is 14.4 Å². The van der Waals surface area contributed by atoms with Gasteiger partial charge in [0.1, 0.15) is 5.82 Å². The number of hydrogen-bond donors (Lipinski definition) is 1. The van der Waals surface area contributed by atoms with Gasteiger partial charge >= 0.3 is 0 Å². The molecular formula is C21H28FN3O3. The summed E-state index contributed by atoms with van der Waals surface area (Å²) >= 11 is 0. The minimum atomic E-state index is -0.321. The lowest BCUT2D eigenvalue weighted by Gasteiger charge is -2.33. The molecule has 28 heavy (non-hydrogen) atoms. The van der Waals surface area contributed by atoms with Gasteiger partial charge in [-0.2, -0.15) is 0 Å². The molecule has 1 aromatic rings. The third kappa shape index (κ3) is 5.30. The van der Waals surface area contributed by atoms with E-state index in [1.54, 1.807) is 17.9 Å². The van der Waals surface area contributed by atoms with E-state index in [1.165, 1.54) is 12.1 Å². The number of aryl methyl sites for hydroxylation is 1. The van der Waals surface area contributed by atoms with E-state index in [4.69, 9.17) is 0 Å². The van der Waals surface area contributed by atoms with E-state index in [2.05, 4.69) is 5.32 Å². The molecule has 0 aromatic heterocycles. The Morgan fingerprint density at radius 1 is 1.25 bits per heavy atom. The highest BCUT2D eigenvalue weighted by atomic mass is 19.1. The van der Waals surface area contributed by atoms with Crippen LogP contribution in [0.15, 0.2) is 18.2 Å². The molecule has 152 valence electrons. The molecule has 0 bridgehead atoms. The zero-order chi connectivity index (χ0) is 20.1. The second kappa shape index (κ2) is 9.17. The second-order valence-corrected chi connectivity index (χ2v) is 7.81. The fourth-order valence-corrected chi connectivity index (χ4v) is 3.98. The number of halogens is 1.